The minimum absolute atomic E-state index is 0.00582. The monoisotopic (exact) mass is 491 g/mol. The van der Waals surface area contributed by atoms with Crippen molar-refractivity contribution in [1.29, 1.82) is 0 Å². The van der Waals surface area contributed by atoms with E-state index in [9.17, 15) is 8.42 Å². The fraction of sp³-hybridized carbons (Fsp3) is 0.476. The molecule has 2 atom stereocenters. The molecule has 2 unspecified atom stereocenters. The van der Waals surface area contributed by atoms with Gasteiger partial charge in [0.15, 0.2) is 11.6 Å². The number of sulfonamides is 1. The molecule has 0 saturated heterocycles. The van der Waals surface area contributed by atoms with Crippen LogP contribution in [0, 0.1) is 6.92 Å². The van der Waals surface area contributed by atoms with Gasteiger partial charge in [0, 0.05) is 39.9 Å². The lowest BCUT2D eigenvalue weighted by Crippen LogP contribution is -2.34. The molecule has 0 aromatic carbocycles. The van der Waals surface area contributed by atoms with E-state index in [-0.39, 0.29) is 25.0 Å². The normalized spacial score (nSPS) is 13.7. The summed E-state index contributed by atoms with van der Waals surface area (Å²) in [6.45, 7) is 3.82. The smallest absolute Gasteiger partial charge is 0.240 e. The van der Waals surface area contributed by atoms with E-state index in [0.29, 0.717) is 11.5 Å². The summed E-state index contributed by atoms with van der Waals surface area (Å²) in [5.41, 5.74) is 1.37. The number of hydrogen-bond donors (Lipinski definition) is 1. The Labute approximate surface area is 198 Å². The first kappa shape index (κ1) is 25.6. The van der Waals surface area contributed by atoms with E-state index >= 15 is 0 Å². The van der Waals surface area contributed by atoms with Crippen molar-refractivity contribution in [3.05, 3.63) is 48.2 Å². The minimum atomic E-state index is -4.02. The zero-order chi connectivity index (χ0) is 24.7. The number of pyridine rings is 1. The largest absolute Gasteiger partial charge is 0.382 e. The Morgan fingerprint density at radius 1 is 1.03 bits per heavy atom. The van der Waals surface area contributed by atoms with Gasteiger partial charge in [-0.05, 0) is 31.5 Å². The molecule has 0 spiro atoms. The second-order valence-corrected chi connectivity index (χ2v) is 9.66. The maximum Gasteiger partial charge on any atom is 0.240 e. The number of aromatic nitrogens is 6. The zero-order valence-electron chi connectivity index (χ0n) is 19.7. The molecule has 0 aliphatic rings. The molecule has 13 heteroatoms. The molecule has 0 aliphatic heterocycles. The van der Waals surface area contributed by atoms with Crippen molar-refractivity contribution in [2.45, 2.75) is 31.2 Å². The molecular formula is C21H29N7O5S. The van der Waals surface area contributed by atoms with Gasteiger partial charge >= 0.3 is 0 Å². The van der Waals surface area contributed by atoms with Crippen molar-refractivity contribution >= 4 is 16.0 Å². The van der Waals surface area contributed by atoms with E-state index in [1.165, 1.54) is 14.0 Å². The Bertz CT molecular complexity index is 1150. The minimum Gasteiger partial charge on any atom is -0.382 e. The maximum absolute atomic E-state index is 13.4. The SMILES string of the molecule is COCC(COC)n1c(NS(=O)(=O)C(C)C(OC)c2ncc(C)cn2)nnc1-c1ccccn1. The van der Waals surface area contributed by atoms with Crippen LogP contribution >= 0.6 is 0 Å². The maximum atomic E-state index is 13.4. The Hall–Kier alpha value is -3.00. The predicted molar refractivity (Wildman–Crippen MR) is 125 cm³/mol. The van der Waals surface area contributed by atoms with Crippen LogP contribution in [0.15, 0.2) is 36.8 Å². The molecule has 12 nitrogen and oxygen atoms in total. The van der Waals surface area contributed by atoms with Crippen LogP contribution in [0.5, 0.6) is 0 Å². The van der Waals surface area contributed by atoms with E-state index in [1.54, 1.807) is 55.6 Å². The van der Waals surface area contributed by atoms with Crippen molar-refractivity contribution < 1.29 is 22.6 Å². The molecule has 34 heavy (non-hydrogen) atoms. The third-order valence-electron chi connectivity index (χ3n) is 5.13. The van der Waals surface area contributed by atoms with Gasteiger partial charge in [-0.15, -0.1) is 10.2 Å². The Kier molecular flexibility index (Phi) is 8.61. The van der Waals surface area contributed by atoms with Crippen molar-refractivity contribution in [1.82, 2.24) is 29.7 Å². The molecule has 0 radical (unpaired) electrons. The first-order valence-corrected chi connectivity index (χ1v) is 12.0. The Morgan fingerprint density at radius 3 is 2.26 bits per heavy atom. The highest BCUT2D eigenvalue weighted by Gasteiger charge is 2.35. The molecule has 0 aliphatic carbocycles. The van der Waals surface area contributed by atoms with Crippen LogP contribution < -0.4 is 4.72 Å². The van der Waals surface area contributed by atoms with Gasteiger partial charge < -0.3 is 14.2 Å². The number of aryl methyl sites for hydroxylation is 1. The van der Waals surface area contributed by atoms with Crippen LogP contribution in [0.25, 0.3) is 11.5 Å². The first-order valence-electron chi connectivity index (χ1n) is 10.5. The van der Waals surface area contributed by atoms with Crippen LogP contribution in [0.1, 0.15) is 30.5 Å². The van der Waals surface area contributed by atoms with Crippen molar-refractivity contribution in [3.8, 4) is 11.5 Å². The summed E-state index contributed by atoms with van der Waals surface area (Å²) < 4.78 is 47.0. The van der Waals surface area contributed by atoms with Gasteiger partial charge in [0.25, 0.3) is 0 Å². The molecule has 1 N–H and O–H groups in total. The Balaban J connectivity index is 1.99. The van der Waals surface area contributed by atoms with E-state index in [1.807, 2.05) is 6.92 Å². The van der Waals surface area contributed by atoms with Crippen molar-refractivity contribution in [2.24, 2.45) is 0 Å². The predicted octanol–water partition coefficient (Wildman–Crippen LogP) is 1.79. The number of anilines is 1. The topological polar surface area (TPSA) is 143 Å². The number of nitrogens with zero attached hydrogens (tertiary/aromatic N) is 6. The fourth-order valence-electron chi connectivity index (χ4n) is 3.40. The summed E-state index contributed by atoms with van der Waals surface area (Å²) in [6, 6.07) is 4.91. The molecule has 0 bridgehead atoms. The summed E-state index contributed by atoms with van der Waals surface area (Å²) in [4.78, 5) is 12.8. The van der Waals surface area contributed by atoms with Crippen LogP contribution in [0.4, 0.5) is 5.95 Å². The highest BCUT2D eigenvalue weighted by atomic mass is 32.2. The fourth-order valence-corrected chi connectivity index (χ4v) is 4.54. The summed E-state index contributed by atoms with van der Waals surface area (Å²) in [6.07, 6.45) is 3.93. The van der Waals surface area contributed by atoms with Crippen LogP contribution in [-0.2, 0) is 24.2 Å². The average molecular weight is 492 g/mol. The van der Waals surface area contributed by atoms with Crippen molar-refractivity contribution in [3.63, 3.8) is 0 Å². The quantitative estimate of drug-likeness (QED) is 0.398. The third-order valence-corrected chi connectivity index (χ3v) is 6.82. The summed E-state index contributed by atoms with van der Waals surface area (Å²) in [7, 11) is 0.485. The molecule has 3 heterocycles. The lowest BCUT2D eigenvalue weighted by molar-refractivity contribution is 0.0907. The van der Waals surface area contributed by atoms with E-state index in [2.05, 4.69) is 29.9 Å². The van der Waals surface area contributed by atoms with Gasteiger partial charge in [0.1, 0.15) is 17.0 Å². The van der Waals surface area contributed by atoms with Crippen LogP contribution in [0.3, 0.4) is 0 Å². The van der Waals surface area contributed by atoms with Gasteiger partial charge in [-0.2, -0.15) is 0 Å². The summed E-state index contributed by atoms with van der Waals surface area (Å²) in [5.74, 6) is 0.639. The lowest BCUT2D eigenvalue weighted by atomic mass is 10.2. The number of ether oxygens (including phenoxy) is 3. The van der Waals surface area contributed by atoms with Crippen molar-refractivity contribution in [2.75, 3.05) is 39.3 Å². The summed E-state index contributed by atoms with van der Waals surface area (Å²) >= 11 is 0. The second-order valence-electron chi connectivity index (χ2n) is 7.62. The molecule has 184 valence electrons. The lowest BCUT2D eigenvalue weighted by Gasteiger charge is -2.24. The number of nitrogens with one attached hydrogen (secondary N) is 1. The third kappa shape index (κ3) is 5.73. The number of hydrogen-bond acceptors (Lipinski definition) is 10. The van der Waals surface area contributed by atoms with E-state index in [4.69, 9.17) is 14.2 Å². The van der Waals surface area contributed by atoms with Gasteiger partial charge in [-0.25, -0.2) is 18.4 Å². The van der Waals surface area contributed by atoms with Crippen LogP contribution in [-0.4, -0.2) is 77.9 Å². The molecule has 3 rings (SSSR count). The molecule has 0 fully saturated rings. The average Bonchev–Trinajstić information content (AvgIpc) is 3.23. The molecular weight excluding hydrogens is 462 g/mol. The van der Waals surface area contributed by atoms with Gasteiger partial charge in [0.05, 0.1) is 19.3 Å². The standard InChI is InChI=1S/C21H29N7O5S/c1-14-10-23-19(24-11-14)18(33-5)15(2)34(29,30)27-21-26-25-20(17-8-6-7-9-22-17)28(21)16(12-31-3)13-32-4/h6-11,15-16,18H,12-13H2,1-5H3,(H,26,27). The van der Waals surface area contributed by atoms with Gasteiger partial charge in [0.2, 0.25) is 16.0 Å². The highest BCUT2D eigenvalue weighted by molar-refractivity contribution is 7.93. The Morgan fingerprint density at radius 2 is 1.71 bits per heavy atom. The number of methoxy groups -OCH3 is 3. The summed E-state index contributed by atoms with van der Waals surface area (Å²) in [5, 5.41) is 7.27. The van der Waals surface area contributed by atoms with Gasteiger partial charge in [-0.1, -0.05) is 6.07 Å². The first-order chi connectivity index (χ1) is 16.3. The van der Waals surface area contributed by atoms with E-state index in [0.717, 1.165) is 5.56 Å². The molecule has 3 aromatic rings. The van der Waals surface area contributed by atoms with Gasteiger partial charge in [-0.3, -0.25) is 14.3 Å². The molecule has 0 amide bonds. The highest BCUT2D eigenvalue weighted by Crippen LogP contribution is 2.28. The second kappa shape index (κ2) is 11.4. The van der Waals surface area contributed by atoms with Crippen LogP contribution in [0.2, 0.25) is 0 Å². The molecule has 0 saturated carbocycles. The van der Waals surface area contributed by atoms with E-state index < -0.39 is 27.4 Å². The molecule has 3 aromatic heterocycles. The number of rotatable bonds is 12. The zero-order valence-corrected chi connectivity index (χ0v) is 20.6.